The molecule has 0 bridgehead atoms. The Bertz CT molecular complexity index is 1350. The maximum absolute atomic E-state index is 13.2. The molecule has 1 aliphatic carbocycles. The number of benzene rings is 1. The lowest BCUT2D eigenvalue weighted by Gasteiger charge is -2.10. The number of carbonyl (C=O) groups excluding carboxylic acids is 1. The van der Waals surface area contributed by atoms with Crippen molar-refractivity contribution < 1.29 is 22.8 Å². The third-order valence-electron chi connectivity index (χ3n) is 5.42. The Hall–Kier alpha value is -3.16. The highest BCUT2D eigenvalue weighted by molar-refractivity contribution is 7.92. The molecule has 1 saturated heterocycles. The molecule has 1 aromatic carbocycles. The lowest BCUT2D eigenvalue weighted by atomic mass is 10.1. The number of rotatable bonds is 8. The van der Waals surface area contributed by atoms with Gasteiger partial charge in [-0.1, -0.05) is 28.6 Å². The molecule has 1 amide bonds. The first kappa shape index (κ1) is 22.6. The van der Waals surface area contributed by atoms with E-state index >= 15 is 0 Å². The molecule has 2 N–H and O–H groups in total. The van der Waals surface area contributed by atoms with E-state index in [-0.39, 0.29) is 22.0 Å². The van der Waals surface area contributed by atoms with Crippen LogP contribution in [0.5, 0.6) is 0 Å². The number of oxime groups is 1. The number of nitrogens with one attached hydrogen (secondary N) is 2. The molecule has 178 valence electrons. The van der Waals surface area contributed by atoms with Crippen molar-refractivity contribution in [2.45, 2.75) is 35.5 Å². The second-order valence-electron chi connectivity index (χ2n) is 7.91. The van der Waals surface area contributed by atoms with Gasteiger partial charge < -0.3 is 14.9 Å². The van der Waals surface area contributed by atoms with E-state index < -0.39 is 15.7 Å². The zero-order valence-electron chi connectivity index (χ0n) is 18.2. The van der Waals surface area contributed by atoms with Crippen molar-refractivity contribution >= 4 is 54.2 Å². The molecule has 11 nitrogen and oxygen atoms in total. The van der Waals surface area contributed by atoms with Crippen molar-refractivity contribution in [3.8, 4) is 0 Å². The van der Waals surface area contributed by atoms with Crippen LogP contribution in [0, 0.1) is 0 Å². The van der Waals surface area contributed by atoms with Gasteiger partial charge in [0.25, 0.3) is 5.91 Å². The second kappa shape index (κ2) is 9.24. The third-order valence-corrected chi connectivity index (χ3v) is 8.55. The first-order valence-corrected chi connectivity index (χ1v) is 13.1. The Morgan fingerprint density at radius 2 is 2.00 bits per heavy atom. The molecule has 13 heteroatoms. The number of nitrogens with zero attached hydrogens (tertiary/aromatic N) is 4. The maximum atomic E-state index is 13.2. The van der Waals surface area contributed by atoms with Gasteiger partial charge in [0.2, 0.25) is 0 Å². The fraction of sp³-hybridized carbons (Fsp3) is 0.381. The summed E-state index contributed by atoms with van der Waals surface area (Å²) in [5, 5.41) is 9.72. The van der Waals surface area contributed by atoms with Gasteiger partial charge in [-0.05, 0) is 25.0 Å². The highest BCUT2D eigenvalue weighted by atomic mass is 32.2. The summed E-state index contributed by atoms with van der Waals surface area (Å²) >= 11 is 1.18. The van der Waals surface area contributed by atoms with Crippen LogP contribution in [0.2, 0.25) is 0 Å². The zero-order valence-corrected chi connectivity index (χ0v) is 19.9. The monoisotopic (exact) mass is 502 g/mol. The Morgan fingerprint density at radius 1 is 1.21 bits per heavy atom. The van der Waals surface area contributed by atoms with Gasteiger partial charge in [-0.3, -0.25) is 10.1 Å². The lowest BCUT2D eigenvalue weighted by molar-refractivity contribution is -0.110. The van der Waals surface area contributed by atoms with Gasteiger partial charge in [0.1, 0.15) is 5.82 Å². The van der Waals surface area contributed by atoms with Gasteiger partial charge in [-0.2, -0.15) is 4.98 Å². The maximum Gasteiger partial charge on any atom is 0.280 e. The van der Waals surface area contributed by atoms with Crippen LogP contribution in [-0.2, 0) is 24.2 Å². The molecule has 2 aromatic heterocycles. The molecule has 0 unspecified atom stereocenters. The molecule has 1 aliphatic heterocycles. The van der Waals surface area contributed by atoms with Gasteiger partial charge in [0, 0.05) is 19.0 Å². The van der Waals surface area contributed by atoms with Crippen LogP contribution in [0.25, 0.3) is 10.5 Å². The summed E-state index contributed by atoms with van der Waals surface area (Å²) in [5.41, 5.74) is 0.825. The number of fused-ring (bicyclic) bond motifs is 1. The van der Waals surface area contributed by atoms with Gasteiger partial charge >= 0.3 is 0 Å². The van der Waals surface area contributed by atoms with Crippen LogP contribution >= 0.6 is 11.3 Å². The standard InChI is InChI=1S/C21H22N6O5S2/c1-22-16-10-23-18-20(24-16)33-21(25-18)26-19(28)17(27-32-13-8-9-31-11-13)12-2-4-14(5-3-12)34(29,30)15-6-7-15/h2-5,10,13,15H,6-9,11H2,1H3,(H,22,24)(H,23,25,26,28)/t13-/m1/s1. The number of carbonyl (C=O) groups is 1. The highest BCUT2D eigenvalue weighted by Gasteiger charge is 2.36. The van der Waals surface area contributed by atoms with E-state index in [1.54, 1.807) is 25.4 Å². The topological polar surface area (TPSA) is 145 Å². The molecule has 3 aromatic rings. The predicted molar refractivity (Wildman–Crippen MR) is 127 cm³/mol. The first-order chi connectivity index (χ1) is 16.4. The van der Waals surface area contributed by atoms with Crippen LogP contribution < -0.4 is 10.6 Å². The predicted octanol–water partition coefficient (Wildman–Crippen LogP) is 2.21. The molecule has 2 fully saturated rings. The summed E-state index contributed by atoms with van der Waals surface area (Å²) < 4.78 is 30.3. The summed E-state index contributed by atoms with van der Waals surface area (Å²) in [6, 6.07) is 6.11. The molecular weight excluding hydrogens is 480 g/mol. The Morgan fingerprint density at radius 3 is 2.68 bits per heavy atom. The smallest absolute Gasteiger partial charge is 0.280 e. The van der Waals surface area contributed by atoms with E-state index in [4.69, 9.17) is 9.57 Å². The Kier molecular flexibility index (Phi) is 6.15. The lowest BCUT2D eigenvalue weighted by Crippen LogP contribution is -2.25. The van der Waals surface area contributed by atoms with Crippen LogP contribution in [0.15, 0.2) is 40.5 Å². The molecular formula is C21H22N6O5S2. The molecule has 3 heterocycles. The van der Waals surface area contributed by atoms with Crippen molar-refractivity contribution in [2.24, 2.45) is 5.16 Å². The largest absolute Gasteiger partial charge is 0.389 e. The second-order valence-corrected chi connectivity index (χ2v) is 11.1. The van der Waals surface area contributed by atoms with E-state index in [0.717, 1.165) is 0 Å². The number of hydrogen-bond donors (Lipinski definition) is 2. The minimum absolute atomic E-state index is 0.00152. The number of aromatic nitrogens is 3. The van der Waals surface area contributed by atoms with Crippen molar-refractivity contribution in [3.63, 3.8) is 0 Å². The Labute approximate surface area is 199 Å². The number of anilines is 2. The summed E-state index contributed by atoms with van der Waals surface area (Å²) in [4.78, 5) is 32.4. The van der Waals surface area contributed by atoms with Crippen molar-refractivity contribution in [2.75, 3.05) is 30.9 Å². The van der Waals surface area contributed by atoms with E-state index in [2.05, 4.69) is 30.7 Å². The molecule has 5 rings (SSSR count). The quantitative estimate of drug-likeness (QED) is 0.350. The normalized spacial score (nSPS) is 18.7. The number of hydrogen-bond acceptors (Lipinski definition) is 11. The minimum atomic E-state index is -3.34. The molecule has 1 atom stereocenters. The van der Waals surface area contributed by atoms with Crippen molar-refractivity contribution in [1.29, 1.82) is 0 Å². The SMILES string of the molecule is CNc1cnc2nc(NC(=O)C(=NO[C@@H]3CCOC3)c3ccc(S(=O)(=O)C4CC4)cc3)sc2n1. The van der Waals surface area contributed by atoms with Gasteiger partial charge in [0.05, 0.1) is 29.6 Å². The Balaban J connectivity index is 1.41. The number of amides is 1. The van der Waals surface area contributed by atoms with Crippen LogP contribution in [0.4, 0.5) is 10.9 Å². The number of sulfone groups is 1. The molecule has 34 heavy (non-hydrogen) atoms. The van der Waals surface area contributed by atoms with E-state index in [0.29, 0.717) is 59.5 Å². The average Bonchev–Trinajstić information content (AvgIpc) is 3.44. The molecule has 2 aliphatic rings. The van der Waals surface area contributed by atoms with Crippen molar-refractivity contribution in [3.05, 3.63) is 36.0 Å². The molecule has 0 radical (unpaired) electrons. The molecule has 1 saturated carbocycles. The van der Waals surface area contributed by atoms with E-state index in [9.17, 15) is 13.2 Å². The summed E-state index contributed by atoms with van der Waals surface area (Å²) in [6.45, 7) is 0.954. The fourth-order valence-electron chi connectivity index (χ4n) is 3.37. The molecule has 0 spiro atoms. The van der Waals surface area contributed by atoms with Crippen molar-refractivity contribution in [1.82, 2.24) is 15.0 Å². The van der Waals surface area contributed by atoms with E-state index in [1.807, 2.05) is 0 Å². The van der Waals surface area contributed by atoms with Crippen LogP contribution in [-0.4, -0.2) is 66.6 Å². The number of thiazole rings is 1. The minimum Gasteiger partial charge on any atom is -0.389 e. The fourth-order valence-corrected chi connectivity index (χ4v) is 5.82. The van der Waals surface area contributed by atoms with Crippen LogP contribution in [0.3, 0.4) is 0 Å². The zero-order chi connectivity index (χ0) is 23.7. The number of ether oxygens (including phenoxy) is 1. The summed E-state index contributed by atoms with van der Waals surface area (Å²) in [7, 11) is -1.60. The van der Waals surface area contributed by atoms with Gasteiger partial charge in [-0.15, -0.1) is 0 Å². The van der Waals surface area contributed by atoms with Crippen LogP contribution in [0.1, 0.15) is 24.8 Å². The summed E-state index contributed by atoms with van der Waals surface area (Å²) in [6.07, 6.45) is 3.32. The van der Waals surface area contributed by atoms with Gasteiger partial charge in [0.15, 0.2) is 37.3 Å². The first-order valence-electron chi connectivity index (χ1n) is 10.7. The van der Waals surface area contributed by atoms with Gasteiger partial charge in [-0.25, -0.2) is 18.4 Å². The third kappa shape index (κ3) is 4.72. The average molecular weight is 503 g/mol. The summed E-state index contributed by atoms with van der Waals surface area (Å²) in [5.74, 6) is 0.0364. The van der Waals surface area contributed by atoms with E-state index in [1.165, 1.54) is 23.5 Å². The highest BCUT2D eigenvalue weighted by Crippen LogP contribution is 2.33.